The van der Waals surface area contributed by atoms with Gasteiger partial charge in [0.1, 0.15) is 6.61 Å². The van der Waals surface area contributed by atoms with Crippen molar-refractivity contribution in [1.29, 1.82) is 0 Å². The molecule has 0 radical (unpaired) electrons. The first-order valence-electron chi connectivity index (χ1n) is 4.35. The quantitative estimate of drug-likeness (QED) is 0.741. The van der Waals surface area contributed by atoms with Crippen molar-refractivity contribution in [1.82, 2.24) is 10.1 Å². The SMILES string of the molecule is CCCC(N)c1noc(COC)n1. The summed E-state index contributed by atoms with van der Waals surface area (Å²) >= 11 is 0. The highest BCUT2D eigenvalue weighted by molar-refractivity contribution is 4.91. The van der Waals surface area contributed by atoms with Gasteiger partial charge in [0.15, 0.2) is 5.82 Å². The van der Waals surface area contributed by atoms with Crippen molar-refractivity contribution < 1.29 is 9.26 Å². The predicted octanol–water partition coefficient (Wildman–Crippen LogP) is 1.02. The van der Waals surface area contributed by atoms with Gasteiger partial charge >= 0.3 is 0 Å². The van der Waals surface area contributed by atoms with Gasteiger partial charge < -0.3 is 15.0 Å². The molecular formula is C8H15N3O2. The maximum atomic E-state index is 5.79. The first kappa shape index (κ1) is 10.1. The molecule has 1 heterocycles. The Balaban J connectivity index is 2.56. The normalized spacial score (nSPS) is 13.2. The third kappa shape index (κ3) is 2.78. The van der Waals surface area contributed by atoms with Crippen molar-refractivity contribution in [3.63, 3.8) is 0 Å². The molecule has 0 aromatic carbocycles. The molecule has 1 rings (SSSR count). The summed E-state index contributed by atoms with van der Waals surface area (Å²) in [4.78, 5) is 4.09. The Bertz CT molecular complexity index is 249. The van der Waals surface area contributed by atoms with Gasteiger partial charge in [-0.3, -0.25) is 0 Å². The molecule has 0 spiro atoms. The van der Waals surface area contributed by atoms with Crippen LogP contribution in [0.25, 0.3) is 0 Å². The number of nitrogens with two attached hydrogens (primary N) is 1. The molecule has 0 bridgehead atoms. The number of ether oxygens (including phenoxy) is 1. The fourth-order valence-corrected chi connectivity index (χ4v) is 1.04. The fraction of sp³-hybridized carbons (Fsp3) is 0.750. The van der Waals surface area contributed by atoms with Gasteiger partial charge in [-0.25, -0.2) is 0 Å². The first-order chi connectivity index (χ1) is 6.27. The van der Waals surface area contributed by atoms with Gasteiger partial charge in [0, 0.05) is 7.11 Å². The standard InChI is InChI=1S/C8H15N3O2/c1-3-4-6(9)8-10-7(5-12-2)13-11-8/h6H,3-5,9H2,1-2H3. The van der Waals surface area contributed by atoms with E-state index in [1.54, 1.807) is 7.11 Å². The van der Waals surface area contributed by atoms with Crippen molar-refractivity contribution in [3.8, 4) is 0 Å². The second kappa shape index (κ2) is 4.94. The topological polar surface area (TPSA) is 74.2 Å². The van der Waals surface area contributed by atoms with E-state index in [2.05, 4.69) is 17.1 Å². The van der Waals surface area contributed by atoms with Crippen LogP contribution in [0.1, 0.15) is 37.5 Å². The second-order valence-electron chi connectivity index (χ2n) is 2.87. The minimum absolute atomic E-state index is 0.126. The van der Waals surface area contributed by atoms with E-state index in [-0.39, 0.29) is 6.04 Å². The van der Waals surface area contributed by atoms with E-state index in [1.165, 1.54) is 0 Å². The zero-order valence-corrected chi connectivity index (χ0v) is 7.99. The smallest absolute Gasteiger partial charge is 0.252 e. The molecule has 74 valence electrons. The lowest BCUT2D eigenvalue weighted by atomic mass is 10.2. The Kier molecular flexibility index (Phi) is 3.85. The maximum Gasteiger partial charge on any atom is 0.252 e. The number of hydrogen-bond donors (Lipinski definition) is 1. The average Bonchev–Trinajstić information content (AvgIpc) is 2.54. The first-order valence-corrected chi connectivity index (χ1v) is 4.35. The summed E-state index contributed by atoms with van der Waals surface area (Å²) in [6, 6.07) is -0.126. The van der Waals surface area contributed by atoms with E-state index < -0.39 is 0 Å². The van der Waals surface area contributed by atoms with Crippen LogP contribution in [0.2, 0.25) is 0 Å². The van der Waals surface area contributed by atoms with E-state index in [1.807, 2.05) is 0 Å². The minimum atomic E-state index is -0.126. The molecular weight excluding hydrogens is 170 g/mol. The van der Waals surface area contributed by atoms with Gasteiger partial charge in [0.25, 0.3) is 5.89 Å². The largest absolute Gasteiger partial charge is 0.375 e. The number of methoxy groups -OCH3 is 1. The summed E-state index contributed by atoms with van der Waals surface area (Å²) in [6.45, 7) is 2.40. The summed E-state index contributed by atoms with van der Waals surface area (Å²) in [5, 5.41) is 3.76. The van der Waals surface area contributed by atoms with Crippen LogP contribution in [0.4, 0.5) is 0 Å². The number of rotatable bonds is 5. The van der Waals surface area contributed by atoms with Gasteiger partial charge in [-0.1, -0.05) is 18.5 Å². The highest BCUT2D eigenvalue weighted by Crippen LogP contribution is 2.11. The zero-order valence-electron chi connectivity index (χ0n) is 7.99. The van der Waals surface area contributed by atoms with Gasteiger partial charge in [-0.05, 0) is 6.42 Å². The molecule has 5 nitrogen and oxygen atoms in total. The van der Waals surface area contributed by atoms with E-state index in [9.17, 15) is 0 Å². The molecule has 1 atom stereocenters. The molecule has 1 aromatic heterocycles. The summed E-state index contributed by atoms with van der Waals surface area (Å²) in [6.07, 6.45) is 1.88. The van der Waals surface area contributed by atoms with Crippen molar-refractivity contribution in [2.24, 2.45) is 5.73 Å². The van der Waals surface area contributed by atoms with Crippen LogP contribution in [-0.4, -0.2) is 17.3 Å². The van der Waals surface area contributed by atoms with Crippen LogP contribution in [0.3, 0.4) is 0 Å². The zero-order chi connectivity index (χ0) is 9.68. The number of nitrogens with zero attached hydrogens (tertiary/aromatic N) is 2. The van der Waals surface area contributed by atoms with E-state index in [4.69, 9.17) is 15.0 Å². The molecule has 0 aliphatic rings. The van der Waals surface area contributed by atoms with Crippen molar-refractivity contribution in [2.45, 2.75) is 32.4 Å². The highest BCUT2D eigenvalue weighted by atomic mass is 16.5. The van der Waals surface area contributed by atoms with Crippen LogP contribution >= 0.6 is 0 Å². The Morgan fingerprint density at radius 1 is 1.62 bits per heavy atom. The molecule has 13 heavy (non-hydrogen) atoms. The average molecular weight is 185 g/mol. The summed E-state index contributed by atoms with van der Waals surface area (Å²) in [7, 11) is 1.58. The lowest BCUT2D eigenvalue weighted by molar-refractivity contribution is 0.151. The molecule has 0 aliphatic carbocycles. The highest BCUT2D eigenvalue weighted by Gasteiger charge is 2.12. The van der Waals surface area contributed by atoms with E-state index in [0.29, 0.717) is 18.3 Å². The molecule has 0 fully saturated rings. The summed E-state index contributed by atoms with van der Waals surface area (Å²) < 4.78 is 9.75. The Hall–Kier alpha value is -0.940. The third-order valence-electron chi connectivity index (χ3n) is 1.68. The maximum absolute atomic E-state index is 5.79. The minimum Gasteiger partial charge on any atom is -0.375 e. The van der Waals surface area contributed by atoms with Gasteiger partial charge in [-0.2, -0.15) is 4.98 Å². The lowest BCUT2D eigenvalue weighted by Crippen LogP contribution is -2.11. The number of aromatic nitrogens is 2. The van der Waals surface area contributed by atoms with Gasteiger partial charge in [-0.15, -0.1) is 0 Å². The van der Waals surface area contributed by atoms with E-state index in [0.717, 1.165) is 12.8 Å². The van der Waals surface area contributed by atoms with Crippen LogP contribution in [0, 0.1) is 0 Å². The summed E-state index contributed by atoms with van der Waals surface area (Å²) in [5.41, 5.74) is 5.79. The Morgan fingerprint density at radius 3 is 3.00 bits per heavy atom. The van der Waals surface area contributed by atoms with Gasteiger partial charge in [0.05, 0.1) is 6.04 Å². The number of hydrogen-bond acceptors (Lipinski definition) is 5. The van der Waals surface area contributed by atoms with Crippen molar-refractivity contribution in [2.75, 3.05) is 7.11 Å². The molecule has 0 amide bonds. The van der Waals surface area contributed by atoms with Crippen LogP contribution in [0.5, 0.6) is 0 Å². The third-order valence-corrected chi connectivity index (χ3v) is 1.68. The molecule has 2 N–H and O–H groups in total. The molecule has 0 saturated heterocycles. The van der Waals surface area contributed by atoms with Crippen LogP contribution < -0.4 is 5.73 Å². The van der Waals surface area contributed by atoms with Crippen molar-refractivity contribution >= 4 is 0 Å². The lowest BCUT2D eigenvalue weighted by Gasteiger charge is -2.02. The Morgan fingerprint density at radius 2 is 2.38 bits per heavy atom. The fourth-order valence-electron chi connectivity index (χ4n) is 1.04. The van der Waals surface area contributed by atoms with Gasteiger partial charge in [0.2, 0.25) is 0 Å². The molecule has 5 heteroatoms. The molecule has 1 unspecified atom stereocenters. The summed E-state index contributed by atoms with van der Waals surface area (Å²) in [5.74, 6) is 1.04. The van der Waals surface area contributed by atoms with Crippen LogP contribution in [0.15, 0.2) is 4.52 Å². The van der Waals surface area contributed by atoms with Crippen LogP contribution in [-0.2, 0) is 11.3 Å². The monoisotopic (exact) mass is 185 g/mol. The second-order valence-corrected chi connectivity index (χ2v) is 2.87. The Labute approximate surface area is 77.3 Å². The molecule has 0 saturated carbocycles. The van der Waals surface area contributed by atoms with Crippen molar-refractivity contribution in [3.05, 3.63) is 11.7 Å². The molecule has 0 aliphatic heterocycles. The van der Waals surface area contributed by atoms with E-state index >= 15 is 0 Å². The molecule has 1 aromatic rings. The predicted molar refractivity (Wildman–Crippen MR) is 46.8 cm³/mol.